The van der Waals surface area contributed by atoms with Gasteiger partial charge in [-0.2, -0.15) is 0 Å². The summed E-state index contributed by atoms with van der Waals surface area (Å²) in [5, 5.41) is 0. The van der Waals surface area contributed by atoms with Crippen LogP contribution in [0.5, 0.6) is 0 Å². The maximum absolute atomic E-state index is 11.6. The van der Waals surface area contributed by atoms with Crippen LogP contribution in [-0.4, -0.2) is 5.97 Å². The van der Waals surface area contributed by atoms with E-state index in [0.29, 0.717) is 0 Å². The van der Waals surface area contributed by atoms with Crippen LogP contribution in [-0.2, 0) is 4.74 Å². The van der Waals surface area contributed by atoms with Crippen molar-refractivity contribution in [2.45, 2.75) is 45.6 Å². The molecular weight excluding hydrogens is 200 g/mol. The highest BCUT2D eigenvalue weighted by atomic mass is 16.5. The van der Waals surface area contributed by atoms with Gasteiger partial charge in [0.05, 0.1) is 5.56 Å². The van der Waals surface area contributed by atoms with Gasteiger partial charge >= 0.3 is 5.97 Å². The molecule has 1 aromatic carbocycles. The lowest BCUT2D eigenvalue weighted by Crippen LogP contribution is -1.98. The molecule has 0 bridgehead atoms. The summed E-state index contributed by atoms with van der Waals surface area (Å²) in [4.78, 5) is 11.6. The van der Waals surface area contributed by atoms with Gasteiger partial charge in [0, 0.05) is 5.56 Å². The highest BCUT2D eigenvalue weighted by Gasteiger charge is 2.30. The molecule has 0 saturated heterocycles. The molecule has 0 radical (unpaired) electrons. The molecule has 1 atom stereocenters. The monoisotopic (exact) mass is 218 g/mol. The Bertz CT molecular complexity index is 396. The van der Waals surface area contributed by atoms with Crippen LogP contribution in [0.1, 0.15) is 60.2 Å². The van der Waals surface area contributed by atoms with Crippen LogP contribution in [0.25, 0.3) is 0 Å². The molecule has 0 aromatic heterocycles. The highest BCUT2D eigenvalue weighted by molar-refractivity contribution is 5.94. The van der Waals surface area contributed by atoms with E-state index in [9.17, 15) is 4.79 Å². The fourth-order valence-electron chi connectivity index (χ4n) is 2.18. The smallest absolute Gasteiger partial charge is 0.339 e. The number of aryl methyl sites for hydroxylation is 1. The Morgan fingerprint density at radius 2 is 2.12 bits per heavy atom. The third kappa shape index (κ3) is 2.11. The van der Waals surface area contributed by atoms with Gasteiger partial charge in [-0.3, -0.25) is 0 Å². The lowest BCUT2D eigenvalue weighted by atomic mass is 9.99. The summed E-state index contributed by atoms with van der Waals surface area (Å²) >= 11 is 0. The van der Waals surface area contributed by atoms with E-state index < -0.39 is 0 Å². The molecule has 2 nitrogen and oxygen atoms in total. The van der Waals surface area contributed by atoms with E-state index in [-0.39, 0.29) is 12.1 Å². The number of hydrogen-bond donors (Lipinski definition) is 0. The first-order valence-corrected chi connectivity index (χ1v) is 6.04. The molecule has 0 spiro atoms. The predicted octanol–water partition coefficient (Wildman–Crippen LogP) is 3.79. The fourth-order valence-corrected chi connectivity index (χ4v) is 2.18. The topological polar surface area (TPSA) is 26.3 Å². The average molecular weight is 218 g/mol. The van der Waals surface area contributed by atoms with E-state index in [0.717, 1.165) is 29.5 Å². The largest absolute Gasteiger partial charge is 0.454 e. The average Bonchev–Trinajstić information content (AvgIpc) is 2.56. The van der Waals surface area contributed by atoms with Gasteiger partial charge in [0.2, 0.25) is 0 Å². The number of unbranched alkanes of at least 4 members (excludes halogenated alkanes) is 2. The quantitative estimate of drug-likeness (QED) is 0.567. The minimum absolute atomic E-state index is 0.00495. The number of rotatable bonds is 4. The second kappa shape index (κ2) is 4.69. The number of carbonyl (C=O) groups excluding carboxylic acids is 1. The van der Waals surface area contributed by atoms with Crippen molar-refractivity contribution in [1.82, 2.24) is 0 Å². The Labute approximate surface area is 96.6 Å². The van der Waals surface area contributed by atoms with Gasteiger partial charge in [-0.15, -0.1) is 0 Å². The molecule has 86 valence electrons. The zero-order chi connectivity index (χ0) is 11.5. The lowest BCUT2D eigenvalue weighted by molar-refractivity contribution is 0.0363. The zero-order valence-electron chi connectivity index (χ0n) is 9.95. The van der Waals surface area contributed by atoms with Crippen molar-refractivity contribution in [2.75, 3.05) is 0 Å². The van der Waals surface area contributed by atoms with Crippen LogP contribution in [0.15, 0.2) is 18.2 Å². The molecule has 16 heavy (non-hydrogen) atoms. The van der Waals surface area contributed by atoms with Crippen molar-refractivity contribution in [3.05, 3.63) is 34.9 Å². The second-order valence-corrected chi connectivity index (χ2v) is 4.48. The SMILES string of the molecule is CCCCCC1OC(=O)c2cc(C)ccc21. The Hall–Kier alpha value is -1.31. The van der Waals surface area contributed by atoms with Gasteiger partial charge in [-0.1, -0.05) is 37.5 Å². The maximum atomic E-state index is 11.6. The first-order chi connectivity index (χ1) is 7.72. The Kier molecular flexibility index (Phi) is 3.28. The van der Waals surface area contributed by atoms with Crippen LogP contribution >= 0.6 is 0 Å². The molecule has 2 heteroatoms. The first-order valence-electron chi connectivity index (χ1n) is 6.04. The van der Waals surface area contributed by atoms with Crippen molar-refractivity contribution < 1.29 is 9.53 Å². The molecule has 0 fully saturated rings. The normalized spacial score (nSPS) is 18.4. The molecule has 1 unspecified atom stereocenters. The molecule has 1 aromatic rings. The van der Waals surface area contributed by atoms with E-state index in [2.05, 4.69) is 6.92 Å². The molecule has 0 amide bonds. The van der Waals surface area contributed by atoms with Gasteiger partial charge in [-0.05, 0) is 25.8 Å². The molecule has 1 aliphatic rings. The standard InChI is InChI=1S/C14H18O2/c1-3-4-5-6-13-11-8-7-10(2)9-12(11)14(15)16-13/h7-9,13H,3-6H2,1-2H3. The van der Waals surface area contributed by atoms with E-state index in [1.165, 1.54) is 12.8 Å². The molecule has 0 N–H and O–H groups in total. The molecular formula is C14H18O2. The van der Waals surface area contributed by atoms with Crippen LogP contribution in [0, 0.1) is 6.92 Å². The second-order valence-electron chi connectivity index (χ2n) is 4.48. The highest BCUT2D eigenvalue weighted by Crippen LogP contribution is 2.34. The number of benzene rings is 1. The third-order valence-electron chi connectivity index (χ3n) is 3.09. The van der Waals surface area contributed by atoms with Crippen LogP contribution in [0.2, 0.25) is 0 Å². The number of esters is 1. The Morgan fingerprint density at radius 3 is 2.88 bits per heavy atom. The zero-order valence-corrected chi connectivity index (χ0v) is 9.95. The van der Waals surface area contributed by atoms with E-state index in [4.69, 9.17) is 4.74 Å². The fraction of sp³-hybridized carbons (Fsp3) is 0.500. The van der Waals surface area contributed by atoms with Crippen LogP contribution in [0.4, 0.5) is 0 Å². The molecule has 0 saturated carbocycles. The number of cyclic esters (lactones) is 1. The molecule has 1 heterocycles. The maximum Gasteiger partial charge on any atom is 0.339 e. The number of fused-ring (bicyclic) bond motifs is 1. The van der Waals surface area contributed by atoms with Crippen LogP contribution < -0.4 is 0 Å². The summed E-state index contributed by atoms with van der Waals surface area (Å²) in [7, 11) is 0. The number of hydrogen-bond acceptors (Lipinski definition) is 2. The first kappa shape index (κ1) is 11.2. The minimum Gasteiger partial charge on any atom is -0.454 e. The van der Waals surface area contributed by atoms with Gasteiger partial charge in [-0.25, -0.2) is 4.79 Å². The van der Waals surface area contributed by atoms with Gasteiger partial charge in [0.1, 0.15) is 6.10 Å². The summed E-state index contributed by atoms with van der Waals surface area (Å²) in [6.45, 7) is 4.18. The van der Waals surface area contributed by atoms with Crippen molar-refractivity contribution >= 4 is 5.97 Å². The molecule has 0 aliphatic carbocycles. The summed E-state index contributed by atoms with van der Waals surface area (Å²) in [6, 6.07) is 6.01. The lowest BCUT2D eigenvalue weighted by Gasteiger charge is -2.09. The minimum atomic E-state index is -0.153. The molecule has 1 aliphatic heterocycles. The van der Waals surface area contributed by atoms with E-state index >= 15 is 0 Å². The summed E-state index contributed by atoms with van der Waals surface area (Å²) in [5.74, 6) is -0.153. The summed E-state index contributed by atoms with van der Waals surface area (Å²) in [6.07, 6.45) is 4.48. The van der Waals surface area contributed by atoms with Gasteiger partial charge in [0.25, 0.3) is 0 Å². The van der Waals surface area contributed by atoms with Crippen molar-refractivity contribution in [1.29, 1.82) is 0 Å². The van der Waals surface area contributed by atoms with Crippen molar-refractivity contribution in [3.63, 3.8) is 0 Å². The summed E-state index contributed by atoms with van der Waals surface area (Å²) < 4.78 is 5.39. The Balaban J connectivity index is 2.13. The number of ether oxygens (including phenoxy) is 1. The van der Waals surface area contributed by atoms with Crippen molar-refractivity contribution in [2.24, 2.45) is 0 Å². The molecule has 2 rings (SSSR count). The predicted molar refractivity (Wildman–Crippen MR) is 63.5 cm³/mol. The summed E-state index contributed by atoms with van der Waals surface area (Å²) in [5.41, 5.74) is 2.96. The van der Waals surface area contributed by atoms with E-state index in [1.54, 1.807) is 0 Å². The number of carbonyl (C=O) groups is 1. The Morgan fingerprint density at radius 1 is 1.31 bits per heavy atom. The van der Waals surface area contributed by atoms with Gasteiger partial charge in [0.15, 0.2) is 0 Å². The van der Waals surface area contributed by atoms with Crippen LogP contribution in [0.3, 0.4) is 0 Å². The van der Waals surface area contributed by atoms with Crippen molar-refractivity contribution in [3.8, 4) is 0 Å². The van der Waals surface area contributed by atoms with Gasteiger partial charge < -0.3 is 4.74 Å². The van der Waals surface area contributed by atoms with E-state index in [1.807, 2.05) is 25.1 Å². The third-order valence-corrected chi connectivity index (χ3v) is 3.09.